The van der Waals surface area contributed by atoms with Crippen LogP contribution in [0.3, 0.4) is 0 Å². The van der Waals surface area contributed by atoms with Crippen molar-refractivity contribution in [2.24, 2.45) is 22.7 Å². The molecule has 1 fully saturated rings. The van der Waals surface area contributed by atoms with E-state index in [-0.39, 0.29) is 11.5 Å². The van der Waals surface area contributed by atoms with Crippen LogP contribution in [0.25, 0.3) is 0 Å². The number of phenols is 2. The van der Waals surface area contributed by atoms with Gasteiger partial charge in [0.1, 0.15) is 11.5 Å². The minimum Gasteiger partial charge on any atom is -0.508 e. The summed E-state index contributed by atoms with van der Waals surface area (Å²) in [6.45, 7) is 14.4. The molecule has 0 bridgehead atoms. The van der Waals surface area contributed by atoms with E-state index in [1.807, 2.05) is 0 Å². The van der Waals surface area contributed by atoms with Crippen molar-refractivity contribution in [3.05, 3.63) is 58.7 Å². The van der Waals surface area contributed by atoms with Crippen LogP contribution in [0.4, 0.5) is 0 Å². The summed E-state index contributed by atoms with van der Waals surface area (Å²) in [4.78, 5) is 0. The van der Waals surface area contributed by atoms with Crippen LogP contribution in [0.15, 0.2) is 53.1 Å². The van der Waals surface area contributed by atoms with Gasteiger partial charge in [0.05, 0.1) is 0 Å². The molecule has 0 spiro atoms. The van der Waals surface area contributed by atoms with Gasteiger partial charge in [-0.3, -0.25) is 0 Å². The minimum absolute atomic E-state index is 0.203. The molecule has 182 valence electrons. The fraction of sp³-hybridized carbons (Fsp3) is 0.613. The van der Waals surface area contributed by atoms with Gasteiger partial charge in [-0.1, -0.05) is 62.1 Å². The fourth-order valence-electron chi connectivity index (χ4n) is 6.78. The molecule has 0 aromatic heterocycles. The molecule has 1 aromatic carbocycles. The Labute approximate surface area is 202 Å². The van der Waals surface area contributed by atoms with Gasteiger partial charge < -0.3 is 10.2 Å². The standard InChI is InChI=1S/C31H46O2/c1-22(11-14-25-21-26(32)15-17-28(25)33)9-7-10-23(2)12-16-27-24(3)13-18-29-30(4,5)19-8-20-31(27,29)6/h11-13,15,17,21,27,29,32-33H,7-10,14,16,18-20H2,1-6H3/b22-11+,23-12+/t27-,29-,31+/m0/s1. The van der Waals surface area contributed by atoms with Gasteiger partial charge in [0.25, 0.3) is 0 Å². The topological polar surface area (TPSA) is 40.5 Å². The summed E-state index contributed by atoms with van der Waals surface area (Å²) >= 11 is 0. The zero-order chi connectivity index (χ0) is 24.2. The monoisotopic (exact) mass is 450 g/mol. The first-order valence-electron chi connectivity index (χ1n) is 13.0. The maximum atomic E-state index is 9.95. The molecular formula is C31H46O2. The Hall–Kier alpha value is -1.96. The van der Waals surface area contributed by atoms with Crippen LogP contribution >= 0.6 is 0 Å². The summed E-state index contributed by atoms with van der Waals surface area (Å²) in [6.07, 6.45) is 17.9. The third kappa shape index (κ3) is 6.14. The molecule has 0 aliphatic heterocycles. The number of aromatic hydroxyl groups is 2. The van der Waals surface area contributed by atoms with Crippen LogP contribution in [0.2, 0.25) is 0 Å². The summed E-state index contributed by atoms with van der Waals surface area (Å²) in [7, 11) is 0. The van der Waals surface area contributed by atoms with Crippen molar-refractivity contribution in [1.82, 2.24) is 0 Å². The van der Waals surface area contributed by atoms with Crippen molar-refractivity contribution in [3.8, 4) is 11.5 Å². The lowest BCUT2D eigenvalue weighted by atomic mass is 9.48. The van der Waals surface area contributed by atoms with Gasteiger partial charge in [0.15, 0.2) is 0 Å². The summed E-state index contributed by atoms with van der Waals surface area (Å²) in [5.74, 6) is 1.94. The first kappa shape index (κ1) is 25.7. The maximum absolute atomic E-state index is 9.95. The lowest BCUT2D eigenvalue weighted by Crippen LogP contribution is -2.48. The van der Waals surface area contributed by atoms with E-state index >= 15 is 0 Å². The summed E-state index contributed by atoms with van der Waals surface area (Å²) in [5.41, 5.74) is 6.15. The molecule has 0 unspecified atom stereocenters. The summed E-state index contributed by atoms with van der Waals surface area (Å²) in [6, 6.07) is 4.72. The number of fused-ring (bicyclic) bond motifs is 1. The van der Waals surface area contributed by atoms with Crippen LogP contribution < -0.4 is 0 Å². The first-order chi connectivity index (χ1) is 15.5. The third-order valence-corrected chi connectivity index (χ3v) is 8.87. The van der Waals surface area contributed by atoms with Gasteiger partial charge in [0.2, 0.25) is 0 Å². The van der Waals surface area contributed by atoms with E-state index in [9.17, 15) is 10.2 Å². The fourth-order valence-corrected chi connectivity index (χ4v) is 6.78. The molecule has 2 heteroatoms. The summed E-state index contributed by atoms with van der Waals surface area (Å²) in [5, 5.41) is 19.6. The van der Waals surface area contributed by atoms with E-state index in [2.05, 4.69) is 59.8 Å². The highest BCUT2D eigenvalue weighted by atomic mass is 16.3. The second kappa shape index (κ2) is 10.5. The lowest BCUT2D eigenvalue weighted by molar-refractivity contribution is -0.0361. The van der Waals surface area contributed by atoms with Crippen molar-refractivity contribution >= 4 is 0 Å². The van der Waals surface area contributed by atoms with E-state index in [0.717, 1.165) is 30.7 Å². The van der Waals surface area contributed by atoms with Crippen LogP contribution in [0, 0.1) is 22.7 Å². The Morgan fingerprint density at radius 3 is 2.45 bits per heavy atom. The molecule has 2 nitrogen and oxygen atoms in total. The van der Waals surface area contributed by atoms with Crippen molar-refractivity contribution in [2.75, 3.05) is 0 Å². The van der Waals surface area contributed by atoms with Crippen LogP contribution in [0.5, 0.6) is 11.5 Å². The van der Waals surface area contributed by atoms with Crippen LogP contribution in [0.1, 0.15) is 98.5 Å². The molecule has 3 atom stereocenters. The van der Waals surface area contributed by atoms with Gasteiger partial charge in [0, 0.05) is 5.56 Å². The highest BCUT2D eigenvalue weighted by molar-refractivity contribution is 5.39. The molecule has 0 radical (unpaired) electrons. The average Bonchev–Trinajstić information content (AvgIpc) is 2.73. The van der Waals surface area contributed by atoms with E-state index in [1.165, 1.54) is 49.3 Å². The minimum atomic E-state index is 0.203. The van der Waals surface area contributed by atoms with Crippen LogP contribution in [-0.4, -0.2) is 10.2 Å². The van der Waals surface area contributed by atoms with E-state index in [4.69, 9.17) is 0 Å². The molecular weight excluding hydrogens is 404 g/mol. The highest BCUT2D eigenvalue weighted by Crippen LogP contribution is 2.60. The number of hydrogen-bond donors (Lipinski definition) is 2. The van der Waals surface area contributed by atoms with Gasteiger partial charge in [-0.05, 0) is 113 Å². The Morgan fingerprint density at radius 2 is 1.73 bits per heavy atom. The number of benzene rings is 1. The Kier molecular flexibility index (Phi) is 8.19. The van der Waals surface area contributed by atoms with E-state index in [0.29, 0.717) is 23.2 Å². The van der Waals surface area contributed by atoms with Crippen molar-refractivity contribution in [1.29, 1.82) is 0 Å². The molecule has 2 aliphatic carbocycles. The van der Waals surface area contributed by atoms with Gasteiger partial charge in [-0.15, -0.1) is 0 Å². The normalized spacial score (nSPS) is 27.8. The van der Waals surface area contributed by atoms with E-state index in [1.54, 1.807) is 17.7 Å². The predicted molar refractivity (Wildman–Crippen MR) is 141 cm³/mol. The van der Waals surface area contributed by atoms with Gasteiger partial charge in [-0.25, -0.2) is 0 Å². The van der Waals surface area contributed by atoms with Crippen molar-refractivity contribution in [3.63, 3.8) is 0 Å². The Morgan fingerprint density at radius 1 is 1.03 bits per heavy atom. The number of allylic oxidation sites excluding steroid dienone is 6. The molecule has 1 saturated carbocycles. The van der Waals surface area contributed by atoms with Gasteiger partial charge >= 0.3 is 0 Å². The molecule has 33 heavy (non-hydrogen) atoms. The molecule has 0 amide bonds. The Balaban J connectivity index is 1.53. The SMILES string of the molecule is CC1=CC[C@H]2C(C)(C)CCC[C@]2(C)[C@H]1C/C=C(\C)CCC/C(C)=C/Cc1cc(O)ccc1O. The van der Waals surface area contributed by atoms with Crippen molar-refractivity contribution in [2.45, 2.75) is 99.3 Å². The highest BCUT2D eigenvalue weighted by Gasteiger charge is 2.51. The predicted octanol–water partition coefficient (Wildman–Crippen LogP) is 8.89. The lowest BCUT2D eigenvalue weighted by Gasteiger charge is -2.56. The molecule has 0 heterocycles. The summed E-state index contributed by atoms with van der Waals surface area (Å²) < 4.78 is 0. The molecule has 2 N–H and O–H groups in total. The second-order valence-corrected chi connectivity index (χ2v) is 11.8. The Bertz CT molecular complexity index is 917. The van der Waals surface area contributed by atoms with Crippen LogP contribution in [-0.2, 0) is 6.42 Å². The van der Waals surface area contributed by atoms with Crippen molar-refractivity contribution < 1.29 is 10.2 Å². The zero-order valence-corrected chi connectivity index (χ0v) is 21.9. The third-order valence-electron chi connectivity index (χ3n) is 8.87. The second-order valence-electron chi connectivity index (χ2n) is 11.8. The number of phenolic OH excluding ortho intramolecular Hbond substituents is 2. The molecule has 1 aromatic rings. The largest absolute Gasteiger partial charge is 0.508 e. The van der Waals surface area contributed by atoms with Gasteiger partial charge in [-0.2, -0.15) is 0 Å². The van der Waals surface area contributed by atoms with E-state index < -0.39 is 0 Å². The maximum Gasteiger partial charge on any atom is 0.119 e. The number of rotatable bonds is 8. The first-order valence-corrected chi connectivity index (χ1v) is 13.0. The smallest absolute Gasteiger partial charge is 0.119 e. The molecule has 0 saturated heterocycles. The molecule has 2 aliphatic rings. The number of hydrogen-bond acceptors (Lipinski definition) is 2. The zero-order valence-electron chi connectivity index (χ0n) is 21.9. The average molecular weight is 451 g/mol. The quantitative estimate of drug-likeness (QED) is 0.306. The molecule has 3 rings (SSSR count).